The number of pyridine rings is 1. The van der Waals surface area contributed by atoms with Crippen molar-refractivity contribution in [2.75, 3.05) is 18.5 Å². The van der Waals surface area contributed by atoms with Crippen molar-refractivity contribution < 1.29 is 28.6 Å². The normalized spacial score (nSPS) is 12.0. The van der Waals surface area contributed by atoms with Crippen LogP contribution in [0.3, 0.4) is 0 Å². The van der Waals surface area contributed by atoms with Gasteiger partial charge in [-0.1, -0.05) is 0 Å². The molecule has 0 aliphatic carbocycles. The molecule has 0 radical (unpaired) electrons. The van der Waals surface area contributed by atoms with Gasteiger partial charge in [-0.25, -0.2) is 19.2 Å². The number of hydroxylamine groups is 1. The van der Waals surface area contributed by atoms with Gasteiger partial charge >= 0.3 is 0 Å². The van der Waals surface area contributed by atoms with Gasteiger partial charge in [0.05, 0.1) is 22.3 Å². The van der Waals surface area contributed by atoms with Gasteiger partial charge in [0.15, 0.2) is 11.6 Å². The zero-order valence-corrected chi connectivity index (χ0v) is 17.6. The summed E-state index contributed by atoms with van der Waals surface area (Å²) in [4.78, 5) is 21.2. The molecule has 1 aromatic carbocycles. The third-order valence-corrected chi connectivity index (χ3v) is 4.51. The molecular weight excluding hydrogens is 543 g/mol. The molecule has 146 valence electrons. The van der Waals surface area contributed by atoms with Crippen molar-refractivity contribution >= 4 is 55.9 Å². The molecule has 0 saturated heterocycles. The van der Waals surface area contributed by atoms with E-state index in [1.165, 1.54) is 6.20 Å². The van der Waals surface area contributed by atoms with E-state index in [0.717, 1.165) is 9.64 Å². The molecule has 0 aliphatic heterocycles. The predicted molar refractivity (Wildman–Crippen MR) is 106 cm³/mol. The number of aryl methyl sites for hydroxylation is 1. The molecule has 0 saturated carbocycles. The van der Waals surface area contributed by atoms with Gasteiger partial charge in [0.1, 0.15) is 18.5 Å². The minimum absolute atomic E-state index is 0.251. The topological polar surface area (TPSA) is 104 Å². The molecule has 0 fully saturated rings. The molecule has 1 atom stereocenters. The fourth-order valence-corrected chi connectivity index (χ4v) is 3.01. The maximum atomic E-state index is 14.5. The first-order valence-electron chi connectivity index (χ1n) is 7.52. The summed E-state index contributed by atoms with van der Waals surface area (Å²) in [6.45, 7) is 0.786. The molecule has 4 N–H and O–H groups in total. The summed E-state index contributed by atoms with van der Waals surface area (Å²) in [5, 5.41) is 20.6. The third-order valence-electron chi connectivity index (χ3n) is 3.35. The van der Waals surface area contributed by atoms with Crippen LogP contribution in [-0.4, -0.2) is 40.4 Å². The van der Waals surface area contributed by atoms with Crippen molar-refractivity contribution in [1.82, 2.24) is 10.5 Å². The van der Waals surface area contributed by atoms with Crippen molar-refractivity contribution in [2.45, 2.75) is 13.0 Å². The zero-order valence-electron chi connectivity index (χ0n) is 13.9. The van der Waals surface area contributed by atoms with E-state index in [1.54, 1.807) is 13.0 Å². The monoisotopic (exact) mass is 557 g/mol. The number of aromatic nitrogens is 1. The summed E-state index contributed by atoms with van der Waals surface area (Å²) in [5.41, 5.74) is 2.00. The molecule has 27 heavy (non-hydrogen) atoms. The third kappa shape index (κ3) is 5.54. The molecule has 11 heteroatoms. The highest BCUT2D eigenvalue weighted by atomic mass is 127. The second-order valence-corrected chi connectivity index (χ2v) is 7.53. The molecule has 1 amide bonds. The first-order chi connectivity index (χ1) is 12.7. The number of aliphatic hydroxyl groups excluding tert-OH is 2. The number of aliphatic hydroxyl groups is 2. The fourth-order valence-electron chi connectivity index (χ4n) is 2.00. The van der Waals surface area contributed by atoms with Crippen molar-refractivity contribution in [3.8, 4) is 0 Å². The lowest BCUT2D eigenvalue weighted by Crippen LogP contribution is -2.30. The van der Waals surface area contributed by atoms with Crippen LogP contribution in [0.25, 0.3) is 0 Å². The molecule has 0 spiro atoms. The van der Waals surface area contributed by atoms with E-state index in [1.807, 2.05) is 5.48 Å². The van der Waals surface area contributed by atoms with Gasteiger partial charge in [0.2, 0.25) is 0 Å². The van der Waals surface area contributed by atoms with E-state index in [-0.39, 0.29) is 22.5 Å². The van der Waals surface area contributed by atoms with Crippen LogP contribution in [0.4, 0.5) is 20.3 Å². The van der Waals surface area contributed by atoms with E-state index in [2.05, 4.69) is 48.8 Å². The molecule has 2 rings (SSSR count). The van der Waals surface area contributed by atoms with Crippen LogP contribution in [0, 0.1) is 22.1 Å². The Morgan fingerprint density at radius 3 is 2.74 bits per heavy atom. The Kier molecular flexibility index (Phi) is 7.85. The first kappa shape index (κ1) is 21.9. The number of nitrogens with zero attached hydrogens (tertiary/aromatic N) is 1. The highest BCUT2D eigenvalue weighted by Gasteiger charge is 2.23. The average Bonchev–Trinajstić information content (AvgIpc) is 2.63. The smallest absolute Gasteiger partial charge is 0.277 e. The Bertz CT molecular complexity index is 857. The van der Waals surface area contributed by atoms with Gasteiger partial charge < -0.3 is 15.5 Å². The minimum Gasteiger partial charge on any atom is -0.394 e. The lowest BCUT2D eigenvalue weighted by Gasteiger charge is -2.16. The van der Waals surface area contributed by atoms with Crippen molar-refractivity contribution in [2.24, 2.45) is 0 Å². The minimum atomic E-state index is -1.27. The van der Waals surface area contributed by atoms with Crippen LogP contribution in [-0.2, 0) is 4.84 Å². The molecule has 1 aromatic heterocycles. The van der Waals surface area contributed by atoms with E-state index in [0.29, 0.717) is 5.56 Å². The quantitative estimate of drug-likeness (QED) is 0.237. The Labute approximate surface area is 175 Å². The van der Waals surface area contributed by atoms with Crippen molar-refractivity contribution in [3.05, 3.63) is 49.1 Å². The number of hydrogen-bond acceptors (Lipinski definition) is 6. The van der Waals surface area contributed by atoms with Gasteiger partial charge in [-0.3, -0.25) is 9.63 Å². The number of carbonyl (C=O) groups excluding carboxylic acids is 1. The fraction of sp³-hybridized carbons (Fsp3) is 0.250. The van der Waals surface area contributed by atoms with Crippen LogP contribution in [0.15, 0.2) is 22.8 Å². The van der Waals surface area contributed by atoms with Gasteiger partial charge in [0, 0.05) is 9.77 Å². The maximum absolute atomic E-state index is 14.5. The van der Waals surface area contributed by atoms with Crippen molar-refractivity contribution in [3.63, 3.8) is 0 Å². The SMILES string of the molecule is Cc1cc(I)cnc1Nc1c(C(=O)NOC[C@H](O)CO)cc(Br)c(F)c1F. The second kappa shape index (κ2) is 9.68. The summed E-state index contributed by atoms with van der Waals surface area (Å²) in [6, 6.07) is 2.87. The van der Waals surface area contributed by atoms with Gasteiger partial charge in [-0.2, -0.15) is 0 Å². The number of nitrogens with one attached hydrogen (secondary N) is 2. The number of benzene rings is 1. The van der Waals surface area contributed by atoms with Crippen LogP contribution in [0.2, 0.25) is 0 Å². The Morgan fingerprint density at radius 1 is 1.41 bits per heavy atom. The number of rotatable bonds is 7. The highest BCUT2D eigenvalue weighted by Crippen LogP contribution is 2.31. The zero-order chi connectivity index (χ0) is 20.1. The maximum Gasteiger partial charge on any atom is 0.277 e. The number of anilines is 2. The number of hydrogen-bond donors (Lipinski definition) is 4. The summed E-state index contributed by atoms with van der Waals surface area (Å²) in [7, 11) is 0. The number of carbonyl (C=O) groups is 1. The molecule has 0 bridgehead atoms. The van der Waals surface area contributed by atoms with Crippen molar-refractivity contribution in [1.29, 1.82) is 0 Å². The Morgan fingerprint density at radius 2 is 2.11 bits per heavy atom. The highest BCUT2D eigenvalue weighted by molar-refractivity contribution is 14.1. The Balaban J connectivity index is 2.34. The lowest BCUT2D eigenvalue weighted by atomic mass is 10.1. The van der Waals surface area contributed by atoms with Gasteiger partial charge in [-0.15, -0.1) is 0 Å². The van der Waals surface area contributed by atoms with E-state index >= 15 is 0 Å². The van der Waals surface area contributed by atoms with E-state index in [9.17, 15) is 18.7 Å². The molecule has 0 unspecified atom stereocenters. The second-order valence-electron chi connectivity index (χ2n) is 5.43. The summed E-state index contributed by atoms with van der Waals surface area (Å²) in [6.07, 6.45) is 0.334. The average molecular weight is 558 g/mol. The summed E-state index contributed by atoms with van der Waals surface area (Å²) >= 11 is 4.92. The summed E-state index contributed by atoms with van der Waals surface area (Å²) < 4.78 is 29.1. The van der Waals surface area contributed by atoms with Crippen LogP contribution >= 0.6 is 38.5 Å². The molecule has 7 nitrogen and oxygen atoms in total. The number of amides is 1. The molecule has 0 aliphatic rings. The van der Waals surface area contributed by atoms with Crippen LogP contribution < -0.4 is 10.8 Å². The first-order valence-corrected chi connectivity index (χ1v) is 9.39. The summed E-state index contributed by atoms with van der Waals surface area (Å²) in [5.74, 6) is -3.08. The largest absolute Gasteiger partial charge is 0.394 e. The lowest BCUT2D eigenvalue weighted by molar-refractivity contribution is -0.0295. The standard InChI is InChI=1S/C16H15BrF2IN3O4/c1-7-2-8(20)4-21-15(7)22-14-10(3-11(17)12(18)13(14)19)16(26)23-27-6-9(25)5-24/h2-4,9,24-25H,5-6H2,1H3,(H,21,22)(H,23,26)/t9-/m1/s1. The predicted octanol–water partition coefficient (Wildman–Crippen LogP) is 2.79. The van der Waals surface area contributed by atoms with E-state index < -0.39 is 35.9 Å². The Hall–Kier alpha value is -1.41. The van der Waals surface area contributed by atoms with Crippen LogP contribution in [0.1, 0.15) is 15.9 Å². The van der Waals surface area contributed by atoms with Crippen LogP contribution in [0.5, 0.6) is 0 Å². The number of halogens is 4. The van der Waals surface area contributed by atoms with Gasteiger partial charge in [-0.05, 0) is 63.1 Å². The molecular formula is C16H15BrF2IN3O4. The van der Waals surface area contributed by atoms with E-state index in [4.69, 9.17) is 9.94 Å². The molecule has 2 aromatic rings. The van der Waals surface area contributed by atoms with Gasteiger partial charge in [0.25, 0.3) is 5.91 Å². The molecule has 1 heterocycles.